The van der Waals surface area contributed by atoms with Crippen molar-refractivity contribution in [2.45, 2.75) is 64.7 Å². The van der Waals surface area contributed by atoms with Crippen molar-refractivity contribution in [1.29, 1.82) is 5.26 Å². The SMILES string of the molecule is CC[C@H]1CC[C@H]([C@H]2CC[C@H](COc3ccc(C(=O)Oc4ccc(C#N)c(F)c4)cc3)CC2)CC1. The Morgan fingerprint density at radius 1 is 0.912 bits per heavy atom. The van der Waals surface area contributed by atoms with E-state index in [2.05, 4.69) is 6.92 Å². The lowest BCUT2D eigenvalue weighted by molar-refractivity contribution is 0.0734. The van der Waals surface area contributed by atoms with Gasteiger partial charge in [-0.2, -0.15) is 5.26 Å². The van der Waals surface area contributed by atoms with Gasteiger partial charge in [-0.3, -0.25) is 0 Å². The topological polar surface area (TPSA) is 59.3 Å². The third-order valence-corrected chi connectivity index (χ3v) is 7.87. The first-order valence-corrected chi connectivity index (χ1v) is 12.7. The Hall–Kier alpha value is -2.87. The number of rotatable bonds is 7. The van der Waals surface area contributed by atoms with E-state index in [9.17, 15) is 9.18 Å². The Balaban J connectivity index is 1.20. The van der Waals surface area contributed by atoms with E-state index in [4.69, 9.17) is 14.7 Å². The molecule has 2 saturated carbocycles. The molecular formula is C29H34FNO3. The van der Waals surface area contributed by atoms with Crippen LogP contribution in [0.25, 0.3) is 0 Å². The van der Waals surface area contributed by atoms with Crippen molar-refractivity contribution in [3.05, 3.63) is 59.4 Å². The van der Waals surface area contributed by atoms with Gasteiger partial charge in [0, 0.05) is 6.07 Å². The molecule has 0 aliphatic heterocycles. The maximum Gasteiger partial charge on any atom is 0.343 e. The molecule has 2 aromatic carbocycles. The fourth-order valence-electron chi connectivity index (χ4n) is 5.61. The van der Waals surface area contributed by atoms with Crippen LogP contribution >= 0.6 is 0 Å². The number of halogens is 1. The van der Waals surface area contributed by atoms with Gasteiger partial charge in [-0.05, 0) is 98.6 Å². The zero-order valence-corrected chi connectivity index (χ0v) is 20.0. The summed E-state index contributed by atoms with van der Waals surface area (Å²) in [4.78, 5) is 12.3. The third-order valence-electron chi connectivity index (χ3n) is 7.87. The standard InChI is InChI=1S/C29H34FNO3/c1-2-20-3-7-22(8-4-20)23-9-5-21(6-10-23)19-33-26-14-11-24(12-15-26)29(32)34-27-16-13-25(18-31)28(30)17-27/h11-17,20-23H,2-10,19H2,1H3/t20-,21-,22-,23-. The maximum atomic E-state index is 13.7. The van der Waals surface area contributed by atoms with E-state index in [1.54, 1.807) is 30.3 Å². The molecule has 4 nitrogen and oxygen atoms in total. The summed E-state index contributed by atoms with van der Waals surface area (Å²) >= 11 is 0. The molecule has 34 heavy (non-hydrogen) atoms. The Labute approximate surface area is 202 Å². The number of benzene rings is 2. The van der Waals surface area contributed by atoms with E-state index < -0.39 is 11.8 Å². The Kier molecular flexibility index (Phi) is 8.21. The molecule has 0 aromatic heterocycles. The molecule has 0 saturated heterocycles. The lowest BCUT2D eigenvalue weighted by Crippen LogP contribution is -2.27. The molecule has 0 N–H and O–H groups in total. The second-order valence-corrected chi connectivity index (χ2v) is 9.95. The van der Waals surface area contributed by atoms with Crippen molar-refractivity contribution in [3.8, 4) is 17.6 Å². The number of hydrogen-bond acceptors (Lipinski definition) is 4. The smallest absolute Gasteiger partial charge is 0.343 e. The van der Waals surface area contributed by atoms with Gasteiger partial charge < -0.3 is 9.47 Å². The second kappa shape index (κ2) is 11.5. The molecular weight excluding hydrogens is 429 g/mol. The first-order valence-electron chi connectivity index (χ1n) is 12.7. The van der Waals surface area contributed by atoms with Crippen molar-refractivity contribution < 1.29 is 18.7 Å². The fraction of sp³-hybridized carbons (Fsp3) is 0.517. The van der Waals surface area contributed by atoms with Crippen molar-refractivity contribution >= 4 is 5.97 Å². The van der Waals surface area contributed by atoms with Gasteiger partial charge in [-0.1, -0.05) is 26.2 Å². The van der Waals surface area contributed by atoms with E-state index in [1.165, 1.54) is 69.9 Å². The van der Waals surface area contributed by atoms with Crippen LogP contribution in [0, 0.1) is 40.8 Å². The molecule has 0 radical (unpaired) electrons. The highest BCUT2D eigenvalue weighted by Gasteiger charge is 2.30. The normalized spacial score (nSPS) is 24.7. The van der Waals surface area contributed by atoms with E-state index in [0.29, 0.717) is 18.1 Å². The van der Waals surface area contributed by atoms with Crippen LogP contribution in [0.5, 0.6) is 11.5 Å². The minimum Gasteiger partial charge on any atom is -0.493 e. The summed E-state index contributed by atoms with van der Waals surface area (Å²) in [6.45, 7) is 3.04. The largest absolute Gasteiger partial charge is 0.493 e. The molecule has 0 atom stereocenters. The number of carbonyl (C=O) groups is 1. The summed E-state index contributed by atoms with van der Waals surface area (Å²) in [5, 5.41) is 8.79. The van der Waals surface area contributed by atoms with Crippen molar-refractivity contribution in [2.75, 3.05) is 6.61 Å². The van der Waals surface area contributed by atoms with Gasteiger partial charge in [0.05, 0.1) is 17.7 Å². The molecule has 0 amide bonds. The van der Waals surface area contributed by atoms with Crippen LogP contribution in [0.4, 0.5) is 4.39 Å². The van der Waals surface area contributed by atoms with Gasteiger partial charge in [0.1, 0.15) is 23.4 Å². The molecule has 2 aliphatic rings. The molecule has 0 bridgehead atoms. The molecule has 2 fully saturated rings. The van der Waals surface area contributed by atoms with E-state index in [1.807, 2.05) is 0 Å². The zero-order chi connectivity index (χ0) is 23.9. The molecule has 5 heteroatoms. The number of esters is 1. The monoisotopic (exact) mass is 463 g/mol. The van der Waals surface area contributed by atoms with Gasteiger partial charge in [0.25, 0.3) is 0 Å². The molecule has 0 unspecified atom stereocenters. The van der Waals surface area contributed by atoms with Gasteiger partial charge in [0.15, 0.2) is 0 Å². The van der Waals surface area contributed by atoms with E-state index >= 15 is 0 Å². The van der Waals surface area contributed by atoms with Crippen LogP contribution in [0.1, 0.15) is 80.6 Å². The number of carbonyl (C=O) groups excluding carboxylic acids is 1. The molecule has 0 heterocycles. The average molecular weight is 464 g/mol. The molecule has 4 rings (SSSR count). The Bertz CT molecular complexity index is 997. The molecule has 2 aromatic rings. The van der Waals surface area contributed by atoms with Crippen molar-refractivity contribution in [2.24, 2.45) is 23.7 Å². The molecule has 180 valence electrons. The minimum atomic E-state index is -0.713. The summed E-state index contributed by atoms with van der Waals surface area (Å²) in [6.07, 6.45) is 12.2. The highest BCUT2D eigenvalue weighted by atomic mass is 19.1. The summed E-state index contributed by atoms with van der Waals surface area (Å²) in [5.74, 6) is 2.92. The Morgan fingerprint density at radius 2 is 1.50 bits per heavy atom. The number of nitriles is 1. The maximum absolute atomic E-state index is 13.7. The van der Waals surface area contributed by atoms with Crippen LogP contribution in [-0.4, -0.2) is 12.6 Å². The van der Waals surface area contributed by atoms with Gasteiger partial charge in [-0.15, -0.1) is 0 Å². The molecule has 2 aliphatic carbocycles. The summed E-state index contributed by atoms with van der Waals surface area (Å²) in [5.41, 5.74) is 0.268. The van der Waals surface area contributed by atoms with Crippen molar-refractivity contribution in [3.63, 3.8) is 0 Å². The van der Waals surface area contributed by atoms with Crippen LogP contribution in [-0.2, 0) is 0 Å². The number of hydrogen-bond donors (Lipinski definition) is 0. The number of nitrogens with zero attached hydrogens (tertiary/aromatic N) is 1. The first kappa shape index (κ1) is 24.3. The third kappa shape index (κ3) is 6.17. The summed E-state index contributed by atoms with van der Waals surface area (Å²) < 4.78 is 24.9. The van der Waals surface area contributed by atoms with E-state index in [0.717, 1.165) is 29.6 Å². The zero-order valence-electron chi connectivity index (χ0n) is 20.0. The fourth-order valence-corrected chi connectivity index (χ4v) is 5.61. The van der Waals surface area contributed by atoms with Gasteiger partial charge in [-0.25, -0.2) is 9.18 Å². The lowest BCUT2D eigenvalue weighted by atomic mass is 9.69. The predicted molar refractivity (Wildman–Crippen MR) is 129 cm³/mol. The van der Waals surface area contributed by atoms with Crippen LogP contribution in [0.15, 0.2) is 42.5 Å². The van der Waals surface area contributed by atoms with Crippen molar-refractivity contribution in [1.82, 2.24) is 0 Å². The van der Waals surface area contributed by atoms with Crippen LogP contribution in [0.3, 0.4) is 0 Å². The van der Waals surface area contributed by atoms with Crippen LogP contribution < -0.4 is 9.47 Å². The Morgan fingerprint density at radius 3 is 2.06 bits per heavy atom. The predicted octanol–water partition coefficient (Wildman–Crippen LogP) is 7.32. The van der Waals surface area contributed by atoms with Crippen LogP contribution in [0.2, 0.25) is 0 Å². The number of ether oxygens (including phenoxy) is 2. The summed E-state index contributed by atoms with van der Waals surface area (Å²) in [6, 6.07) is 12.3. The lowest BCUT2D eigenvalue weighted by Gasteiger charge is -2.37. The van der Waals surface area contributed by atoms with E-state index in [-0.39, 0.29) is 11.3 Å². The molecule has 0 spiro atoms. The average Bonchev–Trinajstić information content (AvgIpc) is 2.88. The highest BCUT2D eigenvalue weighted by Crippen LogP contribution is 2.42. The van der Waals surface area contributed by atoms with Gasteiger partial charge >= 0.3 is 5.97 Å². The van der Waals surface area contributed by atoms with Gasteiger partial charge in [0.2, 0.25) is 0 Å². The highest BCUT2D eigenvalue weighted by molar-refractivity contribution is 5.91. The minimum absolute atomic E-state index is 0.0656. The quantitative estimate of drug-likeness (QED) is 0.319. The first-order chi connectivity index (χ1) is 16.6. The second-order valence-electron chi connectivity index (χ2n) is 9.95. The summed E-state index contributed by atoms with van der Waals surface area (Å²) in [7, 11) is 0.